The molecule has 5 heteroatoms. The highest BCUT2D eigenvalue weighted by Crippen LogP contribution is 2.13. The monoisotopic (exact) mass is 261 g/mol. The number of carbonyl (C=O) groups excluding carboxylic acids is 1. The number of aromatic nitrogens is 2. The van der Waals surface area contributed by atoms with Gasteiger partial charge in [0.15, 0.2) is 0 Å². The van der Waals surface area contributed by atoms with Gasteiger partial charge in [0.25, 0.3) is 0 Å². The van der Waals surface area contributed by atoms with Gasteiger partial charge in [-0.1, -0.05) is 6.07 Å². The number of rotatable bonds is 6. The summed E-state index contributed by atoms with van der Waals surface area (Å²) in [7, 11) is 3.40. The number of nitrogens with one attached hydrogen (secondary N) is 1. The number of nitrogens with zero attached hydrogens (tertiary/aromatic N) is 2. The highest BCUT2D eigenvalue weighted by molar-refractivity contribution is 5.75. The first-order valence-electron chi connectivity index (χ1n) is 6.38. The van der Waals surface area contributed by atoms with Gasteiger partial charge in [-0.2, -0.15) is 0 Å². The van der Waals surface area contributed by atoms with Gasteiger partial charge in [0, 0.05) is 20.0 Å². The Morgan fingerprint density at radius 3 is 3.11 bits per heavy atom. The summed E-state index contributed by atoms with van der Waals surface area (Å²) in [6, 6.07) is 6.26. The lowest BCUT2D eigenvalue weighted by atomic mass is 10.2. The van der Waals surface area contributed by atoms with E-state index in [0.29, 0.717) is 6.42 Å². The van der Waals surface area contributed by atoms with Gasteiger partial charge in [-0.3, -0.25) is 4.79 Å². The molecule has 0 aliphatic rings. The van der Waals surface area contributed by atoms with E-state index in [1.54, 1.807) is 0 Å². The lowest BCUT2D eigenvalue weighted by molar-refractivity contribution is -0.140. The van der Waals surface area contributed by atoms with Crippen molar-refractivity contribution in [2.75, 3.05) is 13.7 Å². The van der Waals surface area contributed by atoms with Crippen molar-refractivity contribution in [1.82, 2.24) is 14.9 Å². The van der Waals surface area contributed by atoms with Crippen LogP contribution < -0.4 is 5.32 Å². The summed E-state index contributed by atoms with van der Waals surface area (Å²) in [5, 5.41) is 3.31. The van der Waals surface area contributed by atoms with Crippen LogP contribution in [0.15, 0.2) is 24.5 Å². The zero-order chi connectivity index (χ0) is 13.7. The number of hydrogen-bond donors (Lipinski definition) is 1. The summed E-state index contributed by atoms with van der Waals surface area (Å²) in [6.07, 6.45) is 3.07. The molecule has 0 radical (unpaired) electrons. The van der Waals surface area contributed by atoms with Crippen LogP contribution in [0.5, 0.6) is 0 Å². The molecule has 2 aromatic rings. The molecule has 0 saturated carbocycles. The van der Waals surface area contributed by atoms with E-state index >= 15 is 0 Å². The summed E-state index contributed by atoms with van der Waals surface area (Å²) in [5.74, 6) is -0.156. The standard InChI is InChI=1S/C14H19N3O2/c1-17-10-16-12-8-11(5-6-13(12)17)9-15-7-3-4-14(18)19-2/h5-6,8,10,15H,3-4,7,9H2,1-2H3. The largest absolute Gasteiger partial charge is 0.469 e. The zero-order valence-electron chi connectivity index (χ0n) is 11.3. The van der Waals surface area contributed by atoms with Gasteiger partial charge < -0.3 is 14.6 Å². The van der Waals surface area contributed by atoms with Crippen molar-refractivity contribution in [2.45, 2.75) is 19.4 Å². The van der Waals surface area contributed by atoms with Crippen molar-refractivity contribution in [2.24, 2.45) is 7.05 Å². The summed E-state index contributed by atoms with van der Waals surface area (Å²) in [4.78, 5) is 15.3. The molecular formula is C14H19N3O2. The molecule has 102 valence electrons. The van der Waals surface area contributed by atoms with Crippen LogP contribution in [0.1, 0.15) is 18.4 Å². The number of fused-ring (bicyclic) bond motifs is 1. The van der Waals surface area contributed by atoms with Gasteiger partial charge in [-0.15, -0.1) is 0 Å². The van der Waals surface area contributed by atoms with Crippen molar-refractivity contribution in [1.29, 1.82) is 0 Å². The molecule has 1 aromatic heterocycles. The smallest absolute Gasteiger partial charge is 0.305 e. The van der Waals surface area contributed by atoms with E-state index in [1.807, 2.05) is 17.9 Å². The molecule has 0 spiro atoms. The normalized spacial score (nSPS) is 10.8. The van der Waals surface area contributed by atoms with Crippen LogP contribution in [0, 0.1) is 0 Å². The Morgan fingerprint density at radius 1 is 1.47 bits per heavy atom. The molecule has 1 N–H and O–H groups in total. The van der Waals surface area contributed by atoms with Gasteiger partial charge in [0.1, 0.15) is 0 Å². The van der Waals surface area contributed by atoms with Crippen LogP contribution in [0.4, 0.5) is 0 Å². The second kappa shape index (κ2) is 6.33. The molecule has 1 aromatic carbocycles. The van der Waals surface area contributed by atoms with Gasteiger partial charge in [0.2, 0.25) is 0 Å². The predicted molar refractivity (Wildman–Crippen MR) is 73.7 cm³/mol. The minimum Gasteiger partial charge on any atom is -0.469 e. The molecular weight excluding hydrogens is 242 g/mol. The molecule has 0 bridgehead atoms. The Balaban J connectivity index is 1.80. The van der Waals surface area contributed by atoms with Gasteiger partial charge in [-0.25, -0.2) is 4.98 Å². The number of methoxy groups -OCH3 is 1. The first-order chi connectivity index (χ1) is 9.20. The highest BCUT2D eigenvalue weighted by atomic mass is 16.5. The minimum absolute atomic E-state index is 0.156. The minimum atomic E-state index is -0.156. The fourth-order valence-corrected chi connectivity index (χ4v) is 1.98. The van der Waals surface area contributed by atoms with Crippen molar-refractivity contribution < 1.29 is 9.53 Å². The Kier molecular flexibility index (Phi) is 4.52. The Labute approximate surface area is 112 Å². The third kappa shape index (κ3) is 3.54. The van der Waals surface area contributed by atoms with Gasteiger partial charge in [-0.05, 0) is 30.7 Å². The van der Waals surface area contributed by atoms with E-state index in [1.165, 1.54) is 12.7 Å². The van der Waals surface area contributed by atoms with E-state index < -0.39 is 0 Å². The maximum absolute atomic E-state index is 10.9. The first-order valence-corrected chi connectivity index (χ1v) is 6.38. The number of hydrogen-bond acceptors (Lipinski definition) is 4. The van der Waals surface area contributed by atoms with E-state index in [9.17, 15) is 4.79 Å². The quantitative estimate of drug-likeness (QED) is 0.634. The number of carbonyl (C=O) groups is 1. The molecule has 2 rings (SSSR count). The summed E-state index contributed by atoms with van der Waals surface area (Å²) < 4.78 is 6.59. The lowest BCUT2D eigenvalue weighted by Crippen LogP contribution is -2.16. The van der Waals surface area contributed by atoms with E-state index in [2.05, 4.69) is 33.2 Å². The fraction of sp³-hybridized carbons (Fsp3) is 0.429. The van der Waals surface area contributed by atoms with Crippen molar-refractivity contribution in [3.8, 4) is 0 Å². The van der Waals surface area contributed by atoms with Crippen LogP contribution in [0.2, 0.25) is 0 Å². The molecule has 0 fully saturated rings. The van der Waals surface area contributed by atoms with E-state index in [4.69, 9.17) is 0 Å². The molecule has 0 unspecified atom stereocenters. The Hall–Kier alpha value is -1.88. The number of benzene rings is 1. The third-order valence-corrected chi connectivity index (χ3v) is 3.08. The van der Waals surface area contributed by atoms with Gasteiger partial charge >= 0.3 is 5.97 Å². The first kappa shape index (κ1) is 13.5. The lowest BCUT2D eigenvalue weighted by Gasteiger charge is -2.05. The molecule has 0 amide bonds. The highest BCUT2D eigenvalue weighted by Gasteiger charge is 2.02. The summed E-state index contributed by atoms with van der Waals surface area (Å²) in [6.45, 7) is 1.59. The Bertz CT molecular complexity index is 563. The molecule has 1 heterocycles. The maximum atomic E-state index is 10.9. The molecule has 19 heavy (non-hydrogen) atoms. The Morgan fingerprint density at radius 2 is 2.32 bits per heavy atom. The summed E-state index contributed by atoms with van der Waals surface area (Å²) in [5.41, 5.74) is 3.34. The molecule has 5 nitrogen and oxygen atoms in total. The number of aryl methyl sites for hydroxylation is 1. The van der Waals surface area contributed by atoms with Crippen LogP contribution >= 0.6 is 0 Å². The van der Waals surface area contributed by atoms with E-state index in [-0.39, 0.29) is 5.97 Å². The molecule has 0 saturated heterocycles. The van der Waals surface area contributed by atoms with Crippen LogP contribution in [-0.2, 0) is 23.1 Å². The zero-order valence-corrected chi connectivity index (χ0v) is 11.3. The topological polar surface area (TPSA) is 56.1 Å². The van der Waals surface area contributed by atoms with E-state index in [0.717, 1.165) is 30.5 Å². The molecule has 0 aliphatic carbocycles. The third-order valence-electron chi connectivity index (χ3n) is 3.08. The van der Waals surface area contributed by atoms with Gasteiger partial charge in [0.05, 0.1) is 24.5 Å². The second-order valence-corrected chi connectivity index (χ2v) is 4.54. The number of esters is 1. The fourth-order valence-electron chi connectivity index (χ4n) is 1.98. The average Bonchev–Trinajstić information content (AvgIpc) is 2.79. The molecule has 0 aliphatic heterocycles. The van der Waals surface area contributed by atoms with Crippen LogP contribution in [0.3, 0.4) is 0 Å². The maximum Gasteiger partial charge on any atom is 0.305 e. The number of imidazole rings is 1. The number of ether oxygens (including phenoxy) is 1. The second-order valence-electron chi connectivity index (χ2n) is 4.54. The van der Waals surface area contributed by atoms with Crippen molar-refractivity contribution in [3.05, 3.63) is 30.1 Å². The van der Waals surface area contributed by atoms with Crippen molar-refractivity contribution in [3.63, 3.8) is 0 Å². The summed E-state index contributed by atoms with van der Waals surface area (Å²) >= 11 is 0. The SMILES string of the molecule is COC(=O)CCCNCc1ccc2c(c1)ncn2C. The van der Waals surface area contributed by atoms with Crippen LogP contribution in [0.25, 0.3) is 11.0 Å². The predicted octanol–water partition coefficient (Wildman–Crippen LogP) is 1.62. The molecule has 0 atom stereocenters. The van der Waals surface area contributed by atoms with Crippen LogP contribution in [-0.4, -0.2) is 29.2 Å². The van der Waals surface area contributed by atoms with Crippen molar-refractivity contribution >= 4 is 17.0 Å². The average molecular weight is 261 g/mol.